The van der Waals surface area contributed by atoms with Crippen molar-refractivity contribution >= 4 is 49.8 Å². The molecule has 0 saturated heterocycles. The van der Waals surface area contributed by atoms with Crippen molar-refractivity contribution < 1.29 is 26.9 Å². The maximum absolute atomic E-state index is 12.5. The molecule has 0 spiro atoms. The summed E-state index contributed by atoms with van der Waals surface area (Å²) in [4.78, 5) is 23.4. The van der Waals surface area contributed by atoms with E-state index in [2.05, 4.69) is 31.8 Å². The van der Waals surface area contributed by atoms with E-state index in [0.717, 1.165) is 4.47 Å². The zero-order valence-corrected chi connectivity index (χ0v) is 20.5. The minimum Gasteiger partial charge on any atom is -0.496 e. The number of ether oxygens (including phenoxy) is 1. The molecular formula is C23H20BrN3O6S. The van der Waals surface area contributed by atoms with Crippen LogP contribution in [0.2, 0.25) is 0 Å². The topological polar surface area (TPSA) is 123 Å². The maximum atomic E-state index is 12.5. The first-order chi connectivity index (χ1) is 16.2. The van der Waals surface area contributed by atoms with Crippen molar-refractivity contribution in [3.63, 3.8) is 0 Å². The highest BCUT2D eigenvalue weighted by atomic mass is 79.9. The quantitative estimate of drug-likeness (QED) is 0.251. The van der Waals surface area contributed by atoms with Crippen molar-refractivity contribution in [2.75, 3.05) is 12.4 Å². The van der Waals surface area contributed by atoms with Gasteiger partial charge in [-0.1, -0.05) is 15.9 Å². The molecule has 176 valence electrons. The molecule has 11 heteroatoms. The van der Waals surface area contributed by atoms with Gasteiger partial charge >= 0.3 is 10.1 Å². The predicted octanol–water partition coefficient (Wildman–Crippen LogP) is 3.95. The lowest BCUT2D eigenvalue weighted by Gasteiger charge is -2.08. The number of nitrogens with zero attached hydrogens (tertiary/aromatic N) is 1. The summed E-state index contributed by atoms with van der Waals surface area (Å²) < 4.78 is 36.0. The van der Waals surface area contributed by atoms with Crippen LogP contribution in [0.5, 0.6) is 11.5 Å². The predicted molar refractivity (Wildman–Crippen MR) is 131 cm³/mol. The normalized spacial score (nSPS) is 11.1. The Bertz CT molecular complexity index is 1320. The Labute approximate surface area is 205 Å². The molecule has 0 aromatic heterocycles. The van der Waals surface area contributed by atoms with E-state index < -0.39 is 16.0 Å². The summed E-state index contributed by atoms with van der Waals surface area (Å²) in [5.41, 5.74) is 3.80. The van der Waals surface area contributed by atoms with E-state index in [1.54, 1.807) is 30.3 Å². The molecule has 0 unspecified atom stereocenters. The molecule has 3 aromatic carbocycles. The van der Waals surface area contributed by atoms with Crippen LogP contribution in [0.3, 0.4) is 0 Å². The molecule has 0 heterocycles. The van der Waals surface area contributed by atoms with Crippen LogP contribution in [-0.2, 0) is 14.9 Å². The third-order valence-electron chi connectivity index (χ3n) is 4.34. The Morgan fingerprint density at radius 2 is 1.68 bits per heavy atom. The first kappa shape index (κ1) is 24.9. The first-order valence-electron chi connectivity index (χ1n) is 9.77. The lowest BCUT2D eigenvalue weighted by Crippen LogP contribution is -2.18. The minimum absolute atomic E-state index is 0.0575. The molecule has 2 N–H and O–H groups in total. The van der Waals surface area contributed by atoms with Crippen molar-refractivity contribution in [1.29, 1.82) is 0 Å². The molecule has 0 bridgehead atoms. The zero-order chi connectivity index (χ0) is 24.7. The summed E-state index contributed by atoms with van der Waals surface area (Å²) in [6.45, 7) is 1.36. The average molecular weight is 546 g/mol. The van der Waals surface area contributed by atoms with Crippen LogP contribution in [0.15, 0.2) is 81.2 Å². The van der Waals surface area contributed by atoms with Crippen LogP contribution < -0.4 is 19.7 Å². The largest absolute Gasteiger partial charge is 0.496 e. The Morgan fingerprint density at radius 1 is 1.00 bits per heavy atom. The Balaban J connectivity index is 1.62. The highest BCUT2D eigenvalue weighted by Crippen LogP contribution is 2.23. The highest BCUT2D eigenvalue weighted by Gasteiger charge is 2.17. The number of hydrazone groups is 1. The number of carbonyl (C=O) groups is 2. The molecular weight excluding hydrogens is 526 g/mol. The summed E-state index contributed by atoms with van der Waals surface area (Å²) in [5, 5.41) is 6.48. The van der Waals surface area contributed by atoms with Crippen molar-refractivity contribution in [1.82, 2.24) is 5.43 Å². The fraction of sp³-hybridized carbons (Fsp3) is 0.0870. The van der Waals surface area contributed by atoms with Gasteiger partial charge in [0.15, 0.2) is 0 Å². The third kappa shape index (κ3) is 6.65. The van der Waals surface area contributed by atoms with E-state index in [-0.39, 0.29) is 16.6 Å². The summed E-state index contributed by atoms with van der Waals surface area (Å²) in [7, 11) is -2.59. The first-order valence-corrected chi connectivity index (χ1v) is 12.0. The second kappa shape index (κ2) is 10.9. The van der Waals surface area contributed by atoms with Crippen LogP contribution in [-0.4, -0.2) is 33.6 Å². The molecule has 3 aromatic rings. The number of hydrogen-bond donors (Lipinski definition) is 2. The van der Waals surface area contributed by atoms with Gasteiger partial charge in [0.1, 0.15) is 16.4 Å². The fourth-order valence-electron chi connectivity index (χ4n) is 2.78. The maximum Gasteiger partial charge on any atom is 0.339 e. The van der Waals surface area contributed by atoms with Gasteiger partial charge in [-0.05, 0) is 72.3 Å². The van der Waals surface area contributed by atoms with Gasteiger partial charge in [0.05, 0.1) is 18.9 Å². The Morgan fingerprint density at radius 3 is 2.29 bits per heavy atom. The SMILES string of the molecule is COc1ccc(Br)cc1C(=O)N/N=C\c1ccc(OS(=O)(=O)c2ccc(NC(C)=O)cc2)cc1. The number of carbonyl (C=O) groups excluding carboxylic acids is 2. The number of amides is 2. The van der Waals surface area contributed by atoms with Crippen LogP contribution in [0.1, 0.15) is 22.8 Å². The number of nitrogens with one attached hydrogen (secondary N) is 2. The van der Waals surface area contributed by atoms with Gasteiger partial charge in [-0.25, -0.2) is 5.43 Å². The number of hydrogen-bond acceptors (Lipinski definition) is 7. The van der Waals surface area contributed by atoms with Crippen LogP contribution >= 0.6 is 15.9 Å². The van der Waals surface area contributed by atoms with E-state index in [9.17, 15) is 18.0 Å². The van der Waals surface area contributed by atoms with E-state index in [0.29, 0.717) is 22.6 Å². The van der Waals surface area contributed by atoms with Gasteiger partial charge in [0.25, 0.3) is 5.91 Å². The van der Waals surface area contributed by atoms with Gasteiger partial charge in [-0.2, -0.15) is 13.5 Å². The molecule has 0 aliphatic carbocycles. The van der Waals surface area contributed by atoms with Crippen molar-refractivity contribution in [2.24, 2.45) is 5.10 Å². The lowest BCUT2D eigenvalue weighted by molar-refractivity contribution is -0.114. The van der Waals surface area contributed by atoms with Crippen LogP contribution in [0.4, 0.5) is 5.69 Å². The second-order valence-corrected chi connectivity index (χ2v) is 9.32. The van der Waals surface area contributed by atoms with Crippen molar-refractivity contribution in [2.45, 2.75) is 11.8 Å². The van der Waals surface area contributed by atoms with Gasteiger partial charge in [0.2, 0.25) is 5.91 Å². The Kier molecular flexibility index (Phi) is 8.03. The minimum atomic E-state index is -4.06. The summed E-state index contributed by atoms with van der Waals surface area (Å²) in [5.74, 6) is -0.206. The van der Waals surface area contributed by atoms with Crippen LogP contribution in [0, 0.1) is 0 Å². The summed E-state index contributed by atoms with van der Waals surface area (Å²) >= 11 is 3.31. The van der Waals surface area contributed by atoms with E-state index >= 15 is 0 Å². The summed E-state index contributed by atoms with van der Waals surface area (Å²) in [6.07, 6.45) is 1.40. The smallest absolute Gasteiger partial charge is 0.339 e. The second-order valence-electron chi connectivity index (χ2n) is 6.86. The molecule has 0 aliphatic heterocycles. The van der Waals surface area contributed by atoms with E-state index in [1.807, 2.05) is 0 Å². The number of benzene rings is 3. The molecule has 0 aliphatic rings. The molecule has 0 atom stereocenters. The van der Waals surface area contributed by atoms with Gasteiger partial charge < -0.3 is 14.2 Å². The average Bonchev–Trinajstić information content (AvgIpc) is 2.80. The third-order valence-corrected chi connectivity index (χ3v) is 6.09. The van der Waals surface area contributed by atoms with Gasteiger partial charge in [0, 0.05) is 17.1 Å². The molecule has 3 rings (SSSR count). The molecule has 0 radical (unpaired) electrons. The van der Waals surface area contributed by atoms with E-state index in [1.165, 1.54) is 56.6 Å². The summed E-state index contributed by atoms with van der Waals surface area (Å²) in [6, 6.07) is 16.7. The zero-order valence-electron chi connectivity index (χ0n) is 18.1. The molecule has 34 heavy (non-hydrogen) atoms. The standard InChI is InChI=1S/C23H20BrN3O6S/c1-15(28)26-18-6-10-20(11-7-18)34(30,31)33-19-8-3-16(4-9-19)14-25-27-23(29)21-13-17(24)5-12-22(21)32-2/h3-14H,1-2H3,(H,26,28)(H,27,29)/b25-14-. The number of methoxy groups -OCH3 is 1. The number of rotatable bonds is 8. The Hall–Kier alpha value is -3.70. The molecule has 0 saturated carbocycles. The fourth-order valence-corrected chi connectivity index (χ4v) is 4.07. The highest BCUT2D eigenvalue weighted by molar-refractivity contribution is 9.10. The van der Waals surface area contributed by atoms with Crippen LogP contribution in [0.25, 0.3) is 0 Å². The van der Waals surface area contributed by atoms with Crippen molar-refractivity contribution in [3.05, 3.63) is 82.3 Å². The van der Waals surface area contributed by atoms with Crippen molar-refractivity contribution in [3.8, 4) is 11.5 Å². The number of halogens is 1. The number of anilines is 1. The monoisotopic (exact) mass is 545 g/mol. The molecule has 2 amide bonds. The van der Waals surface area contributed by atoms with Gasteiger partial charge in [-0.15, -0.1) is 0 Å². The molecule has 0 fully saturated rings. The van der Waals surface area contributed by atoms with E-state index in [4.69, 9.17) is 8.92 Å². The molecule has 9 nitrogen and oxygen atoms in total. The lowest BCUT2D eigenvalue weighted by atomic mass is 10.2. The van der Waals surface area contributed by atoms with Gasteiger partial charge in [-0.3, -0.25) is 9.59 Å².